The first kappa shape index (κ1) is 9.50. The molecule has 0 saturated heterocycles. The standard InChI is InChI=1S/C7H6F3N3/c1-12-6-5(11)2-4(3-13-6)7(8,9)10/h2-3H,1,11H2. The zero-order valence-corrected chi connectivity index (χ0v) is 6.47. The van der Waals surface area contributed by atoms with Crippen LogP contribution in [0.1, 0.15) is 5.56 Å². The van der Waals surface area contributed by atoms with Gasteiger partial charge >= 0.3 is 6.18 Å². The highest BCUT2D eigenvalue weighted by molar-refractivity contribution is 5.61. The highest BCUT2D eigenvalue weighted by atomic mass is 19.4. The molecular formula is C7H6F3N3. The Morgan fingerprint density at radius 3 is 2.46 bits per heavy atom. The van der Waals surface area contributed by atoms with Crippen LogP contribution in [0.5, 0.6) is 0 Å². The average molecular weight is 189 g/mol. The Balaban J connectivity index is 3.17. The van der Waals surface area contributed by atoms with Gasteiger partial charge in [0.2, 0.25) is 0 Å². The second-order valence-corrected chi connectivity index (χ2v) is 2.29. The van der Waals surface area contributed by atoms with Crippen molar-refractivity contribution in [2.24, 2.45) is 4.99 Å². The van der Waals surface area contributed by atoms with E-state index in [0.29, 0.717) is 6.20 Å². The smallest absolute Gasteiger partial charge is 0.396 e. The predicted octanol–water partition coefficient (Wildman–Crippen LogP) is 2.01. The van der Waals surface area contributed by atoms with E-state index in [0.717, 1.165) is 6.07 Å². The number of alkyl halides is 3. The maximum absolute atomic E-state index is 12.1. The molecule has 1 rings (SSSR count). The molecule has 0 atom stereocenters. The fraction of sp³-hybridized carbons (Fsp3) is 0.143. The number of halogens is 3. The van der Waals surface area contributed by atoms with Crippen LogP contribution in [-0.2, 0) is 6.18 Å². The van der Waals surface area contributed by atoms with E-state index in [2.05, 4.69) is 16.7 Å². The van der Waals surface area contributed by atoms with Crippen LogP contribution in [0.15, 0.2) is 17.3 Å². The Kier molecular flexibility index (Phi) is 2.22. The van der Waals surface area contributed by atoms with E-state index in [4.69, 9.17) is 5.73 Å². The van der Waals surface area contributed by atoms with Gasteiger partial charge in [-0.25, -0.2) is 9.98 Å². The molecule has 2 N–H and O–H groups in total. The summed E-state index contributed by atoms with van der Waals surface area (Å²) in [4.78, 5) is 6.73. The Morgan fingerprint density at radius 1 is 1.46 bits per heavy atom. The molecule has 13 heavy (non-hydrogen) atoms. The van der Waals surface area contributed by atoms with Gasteiger partial charge < -0.3 is 5.73 Å². The molecule has 6 heteroatoms. The number of nitrogens with two attached hydrogens (primary N) is 1. The first-order valence-corrected chi connectivity index (χ1v) is 3.24. The Morgan fingerprint density at radius 2 is 2.08 bits per heavy atom. The number of nitrogen functional groups attached to an aromatic ring is 1. The molecule has 70 valence electrons. The van der Waals surface area contributed by atoms with Crippen molar-refractivity contribution in [3.05, 3.63) is 17.8 Å². The SMILES string of the molecule is C=Nc1ncc(C(F)(F)F)cc1N. The minimum absolute atomic E-state index is 0.00741. The maximum atomic E-state index is 12.1. The van der Waals surface area contributed by atoms with Crippen LogP contribution in [0.4, 0.5) is 24.7 Å². The van der Waals surface area contributed by atoms with E-state index in [1.165, 1.54) is 0 Å². The van der Waals surface area contributed by atoms with Crippen LogP contribution in [0.2, 0.25) is 0 Å². The summed E-state index contributed by atoms with van der Waals surface area (Å²) in [5.74, 6) is 0.00741. The molecule has 3 nitrogen and oxygen atoms in total. The lowest BCUT2D eigenvalue weighted by Gasteiger charge is -2.07. The van der Waals surface area contributed by atoms with Crippen LogP contribution in [0.25, 0.3) is 0 Å². The van der Waals surface area contributed by atoms with Crippen molar-refractivity contribution < 1.29 is 13.2 Å². The van der Waals surface area contributed by atoms with Crippen molar-refractivity contribution in [1.82, 2.24) is 4.98 Å². The van der Waals surface area contributed by atoms with E-state index in [-0.39, 0.29) is 11.5 Å². The molecule has 1 heterocycles. The van der Waals surface area contributed by atoms with Crippen molar-refractivity contribution in [1.29, 1.82) is 0 Å². The number of aromatic nitrogens is 1. The molecule has 1 aromatic heterocycles. The highest BCUT2D eigenvalue weighted by Crippen LogP contribution is 2.31. The number of aliphatic imine (C=N–C) groups is 1. The van der Waals surface area contributed by atoms with E-state index >= 15 is 0 Å². The zero-order chi connectivity index (χ0) is 10.1. The quantitative estimate of drug-likeness (QED) is 0.687. The van der Waals surface area contributed by atoms with E-state index < -0.39 is 11.7 Å². The van der Waals surface area contributed by atoms with Crippen LogP contribution in [0.3, 0.4) is 0 Å². The summed E-state index contributed by atoms with van der Waals surface area (Å²) in [6.07, 6.45) is -3.76. The second kappa shape index (κ2) is 3.04. The van der Waals surface area contributed by atoms with Gasteiger partial charge in [-0.15, -0.1) is 0 Å². The normalized spacial score (nSPS) is 11.3. The maximum Gasteiger partial charge on any atom is 0.417 e. The third kappa shape index (κ3) is 1.95. The van der Waals surface area contributed by atoms with Crippen molar-refractivity contribution in [3.8, 4) is 0 Å². The summed E-state index contributed by atoms with van der Waals surface area (Å²) in [6.45, 7) is 3.11. The lowest BCUT2D eigenvalue weighted by Crippen LogP contribution is -2.06. The molecule has 0 radical (unpaired) electrons. The Bertz CT molecular complexity index is 332. The summed E-state index contributed by atoms with van der Waals surface area (Å²) < 4.78 is 36.2. The van der Waals surface area contributed by atoms with Gasteiger partial charge in [0.25, 0.3) is 0 Å². The van der Waals surface area contributed by atoms with Crippen LogP contribution in [0, 0.1) is 0 Å². The minimum Gasteiger partial charge on any atom is -0.396 e. The molecule has 0 unspecified atom stereocenters. The van der Waals surface area contributed by atoms with Crippen molar-refractivity contribution in [2.75, 3.05) is 5.73 Å². The van der Waals surface area contributed by atoms with Gasteiger partial charge in [0.05, 0.1) is 11.3 Å². The van der Waals surface area contributed by atoms with Crippen LogP contribution >= 0.6 is 0 Å². The first-order valence-electron chi connectivity index (χ1n) is 3.24. The average Bonchev–Trinajstić information content (AvgIpc) is 2.02. The first-order chi connectivity index (χ1) is 5.95. The monoisotopic (exact) mass is 189 g/mol. The van der Waals surface area contributed by atoms with Crippen LogP contribution in [-0.4, -0.2) is 11.7 Å². The largest absolute Gasteiger partial charge is 0.417 e. The fourth-order valence-electron chi connectivity index (χ4n) is 0.762. The number of hydrogen-bond acceptors (Lipinski definition) is 3. The minimum atomic E-state index is -4.43. The lowest BCUT2D eigenvalue weighted by atomic mass is 10.2. The van der Waals surface area contributed by atoms with E-state index in [1.807, 2.05) is 0 Å². The van der Waals surface area contributed by atoms with Crippen LogP contribution < -0.4 is 5.73 Å². The molecule has 0 aliphatic rings. The van der Waals surface area contributed by atoms with E-state index in [1.54, 1.807) is 0 Å². The van der Waals surface area contributed by atoms with Gasteiger partial charge in [0, 0.05) is 6.20 Å². The second-order valence-electron chi connectivity index (χ2n) is 2.29. The highest BCUT2D eigenvalue weighted by Gasteiger charge is 2.31. The summed E-state index contributed by atoms with van der Waals surface area (Å²) in [6, 6.07) is 0.775. The number of rotatable bonds is 1. The number of hydrogen-bond donors (Lipinski definition) is 1. The van der Waals surface area contributed by atoms with Gasteiger partial charge in [-0.3, -0.25) is 0 Å². The summed E-state index contributed by atoms with van der Waals surface area (Å²) >= 11 is 0. The van der Waals surface area contributed by atoms with Crippen molar-refractivity contribution >= 4 is 18.2 Å². The number of anilines is 1. The van der Waals surface area contributed by atoms with Gasteiger partial charge in [0.1, 0.15) is 0 Å². The number of nitrogens with zero attached hydrogens (tertiary/aromatic N) is 2. The third-order valence-electron chi connectivity index (χ3n) is 1.37. The molecule has 0 saturated carbocycles. The topological polar surface area (TPSA) is 51.3 Å². The van der Waals surface area contributed by atoms with Gasteiger partial charge in [0.15, 0.2) is 5.82 Å². The summed E-state index contributed by atoms with van der Waals surface area (Å²) in [7, 11) is 0. The fourth-order valence-corrected chi connectivity index (χ4v) is 0.762. The third-order valence-corrected chi connectivity index (χ3v) is 1.37. The molecule has 1 aromatic rings. The molecule has 0 fully saturated rings. The molecule has 0 aliphatic carbocycles. The van der Waals surface area contributed by atoms with Gasteiger partial charge in [-0.1, -0.05) is 0 Å². The van der Waals surface area contributed by atoms with E-state index in [9.17, 15) is 13.2 Å². The Labute approximate surface area is 72.1 Å². The molecular weight excluding hydrogens is 183 g/mol. The predicted molar refractivity (Wildman–Crippen MR) is 42.9 cm³/mol. The summed E-state index contributed by atoms with van der Waals surface area (Å²) in [5, 5.41) is 0. The van der Waals surface area contributed by atoms with Gasteiger partial charge in [-0.05, 0) is 12.8 Å². The molecule has 0 aromatic carbocycles. The lowest BCUT2D eigenvalue weighted by molar-refractivity contribution is -0.137. The van der Waals surface area contributed by atoms with Crippen molar-refractivity contribution in [2.45, 2.75) is 6.18 Å². The number of pyridine rings is 1. The molecule has 0 aliphatic heterocycles. The van der Waals surface area contributed by atoms with Crippen molar-refractivity contribution in [3.63, 3.8) is 0 Å². The molecule has 0 amide bonds. The summed E-state index contributed by atoms with van der Waals surface area (Å²) in [5.41, 5.74) is 4.21. The Hall–Kier alpha value is -1.59. The van der Waals surface area contributed by atoms with Gasteiger partial charge in [-0.2, -0.15) is 13.2 Å². The molecule has 0 spiro atoms. The molecule has 0 bridgehead atoms. The zero-order valence-electron chi connectivity index (χ0n) is 6.47.